The third-order valence-electron chi connectivity index (χ3n) is 7.55. The van der Waals surface area contributed by atoms with Crippen molar-refractivity contribution >= 4 is 15.9 Å². The van der Waals surface area contributed by atoms with Gasteiger partial charge in [0, 0.05) is 12.3 Å². The molecule has 0 heterocycles. The van der Waals surface area contributed by atoms with Crippen molar-refractivity contribution in [3.05, 3.63) is 58.7 Å². The van der Waals surface area contributed by atoms with Gasteiger partial charge in [0.05, 0.1) is 0 Å². The summed E-state index contributed by atoms with van der Waals surface area (Å²) in [4.78, 5) is 12.9. The fourth-order valence-corrected chi connectivity index (χ4v) is 5.89. The predicted octanol–water partition coefficient (Wildman–Crippen LogP) is 7.00. The van der Waals surface area contributed by atoms with Crippen LogP contribution in [-0.2, 0) is 27.8 Å². The maximum Gasteiger partial charge on any atom is 0.522 e. The average Bonchev–Trinajstić information content (AvgIpc) is 3.18. The molecule has 0 aromatic heterocycles. The van der Waals surface area contributed by atoms with Crippen molar-refractivity contribution in [3.63, 3.8) is 0 Å². The normalized spacial score (nSPS) is 20.6. The average molecular weight is 509 g/mol. The molecule has 35 heavy (non-hydrogen) atoms. The number of fused-ring (bicyclic) bond motifs is 3. The molecule has 190 valence electrons. The smallest absolute Gasteiger partial charge is 0.299 e. The summed E-state index contributed by atoms with van der Waals surface area (Å²) in [5.41, 5.74) is 3.10. The molecule has 0 radical (unpaired) electrons. The second-order valence-corrected chi connectivity index (χ2v) is 11.3. The van der Waals surface area contributed by atoms with E-state index in [4.69, 9.17) is 13.0 Å². The number of halogens is 3. The van der Waals surface area contributed by atoms with Crippen molar-refractivity contribution in [3.8, 4) is 11.1 Å². The van der Waals surface area contributed by atoms with Gasteiger partial charge in [-0.05, 0) is 65.0 Å². The van der Waals surface area contributed by atoms with Gasteiger partial charge >= 0.3 is 15.6 Å². The molecule has 1 N–H and O–H groups in total. The molecule has 2 saturated carbocycles. The maximum absolute atomic E-state index is 12.9. The highest BCUT2D eigenvalue weighted by Crippen LogP contribution is 2.45. The van der Waals surface area contributed by atoms with Crippen LogP contribution in [-0.4, -0.2) is 24.3 Å². The molecule has 1 atom stereocenters. The molecular weight excluding hydrogens is 477 g/mol. The van der Waals surface area contributed by atoms with Gasteiger partial charge in [0.25, 0.3) is 0 Å². The van der Waals surface area contributed by atoms with E-state index in [0.29, 0.717) is 5.78 Å². The number of hydrogen-bond donors (Lipinski definition) is 1. The van der Waals surface area contributed by atoms with Crippen LogP contribution in [0.15, 0.2) is 36.4 Å². The van der Waals surface area contributed by atoms with Crippen LogP contribution in [0.3, 0.4) is 0 Å². The molecule has 4 nitrogen and oxygen atoms in total. The van der Waals surface area contributed by atoms with E-state index in [1.807, 2.05) is 0 Å². The van der Waals surface area contributed by atoms with Gasteiger partial charge in [-0.2, -0.15) is 21.6 Å². The van der Waals surface area contributed by atoms with Crippen LogP contribution in [0.25, 0.3) is 11.1 Å². The first-order valence-electron chi connectivity index (χ1n) is 12.4. The van der Waals surface area contributed by atoms with E-state index >= 15 is 0 Å². The van der Waals surface area contributed by atoms with Gasteiger partial charge in [-0.15, -0.1) is 0 Å². The van der Waals surface area contributed by atoms with Crippen LogP contribution in [0.2, 0.25) is 0 Å². The standard InChI is InChI=1S/C26H30O.CHF3O3S/c27-25-13-7-6-12-23(25)26-20(16-18-8-2-1-3-9-18)14-15-22-21-11-5-4-10-19(21)17-24(22)26;2-1(3,4)8(5,6)7/h4-5,10-11,14-15,18,23H,1-3,6-9,12-13,16-17H2;(H,5,6,7). The molecule has 2 fully saturated rings. The second kappa shape index (κ2) is 10.4. The lowest BCUT2D eigenvalue weighted by molar-refractivity contribution is -0.121. The zero-order valence-electron chi connectivity index (χ0n) is 19.6. The van der Waals surface area contributed by atoms with Crippen LogP contribution in [0.5, 0.6) is 0 Å². The molecule has 0 amide bonds. The summed E-state index contributed by atoms with van der Waals surface area (Å²) in [6, 6.07) is 13.6. The summed E-state index contributed by atoms with van der Waals surface area (Å²) in [6.07, 6.45) is 13.3. The predicted molar refractivity (Wildman–Crippen MR) is 129 cm³/mol. The van der Waals surface area contributed by atoms with Crippen LogP contribution >= 0.6 is 0 Å². The fraction of sp³-hybridized carbons (Fsp3) is 0.519. The van der Waals surface area contributed by atoms with E-state index in [0.717, 1.165) is 31.6 Å². The lowest BCUT2D eigenvalue weighted by Crippen LogP contribution is -2.21. The van der Waals surface area contributed by atoms with E-state index in [2.05, 4.69) is 36.4 Å². The summed E-state index contributed by atoms with van der Waals surface area (Å²) < 4.78 is 57.5. The van der Waals surface area contributed by atoms with Crippen molar-refractivity contribution in [1.29, 1.82) is 0 Å². The number of hydrogen-bond acceptors (Lipinski definition) is 3. The summed E-state index contributed by atoms with van der Waals surface area (Å²) in [5.74, 6) is 1.47. The lowest BCUT2D eigenvalue weighted by Gasteiger charge is -2.28. The Bertz CT molecular complexity index is 1180. The van der Waals surface area contributed by atoms with Gasteiger partial charge in [0.2, 0.25) is 0 Å². The number of rotatable bonds is 3. The first-order valence-corrected chi connectivity index (χ1v) is 13.8. The fourth-order valence-electron chi connectivity index (χ4n) is 5.89. The van der Waals surface area contributed by atoms with Crippen molar-refractivity contribution in [2.45, 2.75) is 82.1 Å². The highest BCUT2D eigenvalue weighted by molar-refractivity contribution is 7.86. The van der Waals surface area contributed by atoms with Gasteiger partial charge in [0.1, 0.15) is 5.78 Å². The lowest BCUT2D eigenvalue weighted by atomic mass is 9.75. The number of ketones is 1. The monoisotopic (exact) mass is 508 g/mol. The van der Waals surface area contributed by atoms with Crippen molar-refractivity contribution < 1.29 is 30.9 Å². The van der Waals surface area contributed by atoms with E-state index in [1.54, 1.807) is 0 Å². The van der Waals surface area contributed by atoms with Crippen molar-refractivity contribution in [2.24, 2.45) is 5.92 Å². The number of carbonyl (C=O) groups is 1. The molecule has 0 bridgehead atoms. The quantitative estimate of drug-likeness (QED) is 0.305. The van der Waals surface area contributed by atoms with E-state index in [1.165, 1.54) is 78.3 Å². The minimum absolute atomic E-state index is 0.154. The van der Waals surface area contributed by atoms with E-state index < -0.39 is 15.6 Å². The number of Topliss-reactive ketones (excluding diaryl/α,β-unsaturated/α-hetero) is 1. The molecule has 0 aliphatic heterocycles. The van der Waals surface area contributed by atoms with E-state index in [9.17, 15) is 18.0 Å². The Morgan fingerprint density at radius 1 is 0.886 bits per heavy atom. The molecule has 3 aliphatic carbocycles. The van der Waals surface area contributed by atoms with Gasteiger partial charge in [-0.3, -0.25) is 9.35 Å². The summed E-state index contributed by atoms with van der Waals surface area (Å²) in [5, 5.41) is 0. The first-order chi connectivity index (χ1) is 16.6. The van der Waals surface area contributed by atoms with Gasteiger partial charge in [-0.1, -0.05) is 74.9 Å². The number of alkyl halides is 3. The van der Waals surface area contributed by atoms with Crippen LogP contribution in [0.4, 0.5) is 13.2 Å². The Morgan fingerprint density at radius 3 is 2.20 bits per heavy atom. The Balaban J connectivity index is 0.000000314. The topological polar surface area (TPSA) is 71.4 Å². The Labute approximate surface area is 204 Å². The SMILES string of the molecule is O=C1CCCCC1c1c(CC2CCCCC2)ccc2c1Cc1ccccc1-2.O=S(=O)(O)C(F)(F)F. The van der Waals surface area contributed by atoms with Gasteiger partial charge < -0.3 is 0 Å². The second-order valence-electron chi connectivity index (χ2n) is 9.89. The Kier molecular flexibility index (Phi) is 7.71. The third-order valence-corrected chi connectivity index (χ3v) is 8.14. The molecule has 2 aromatic rings. The molecule has 0 saturated heterocycles. The minimum atomic E-state index is -5.84. The largest absolute Gasteiger partial charge is 0.522 e. The molecule has 1 unspecified atom stereocenters. The summed E-state index contributed by atoms with van der Waals surface area (Å²) in [6.45, 7) is 0. The summed E-state index contributed by atoms with van der Waals surface area (Å²) >= 11 is 0. The Morgan fingerprint density at radius 2 is 1.54 bits per heavy atom. The summed E-state index contributed by atoms with van der Waals surface area (Å²) in [7, 11) is -5.84. The molecule has 2 aromatic carbocycles. The molecule has 0 spiro atoms. The molecule has 8 heteroatoms. The van der Waals surface area contributed by atoms with Crippen molar-refractivity contribution in [1.82, 2.24) is 0 Å². The molecule has 3 aliphatic rings. The maximum atomic E-state index is 12.9. The highest BCUT2D eigenvalue weighted by Gasteiger charge is 2.44. The molecular formula is C27H31F3O4S. The van der Waals surface area contributed by atoms with E-state index in [-0.39, 0.29) is 5.92 Å². The number of benzene rings is 2. The number of carbonyl (C=O) groups excluding carboxylic acids is 1. The third kappa shape index (κ3) is 5.80. The zero-order chi connectivity index (χ0) is 25.2. The van der Waals surface area contributed by atoms with Crippen LogP contribution in [0.1, 0.15) is 86.0 Å². The Hall–Kier alpha value is -2.19. The van der Waals surface area contributed by atoms with Crippen molar-refractivity contribution in [2.75, 3.05) is 0 Å². The van der Waals surface area contributed by atoms with Crippen LogP contribution < -0.4 is 0 Å². The van der Waals surface area contributed by atoms with Crippen LogP contribution in [0, 0.1) is 5.92 Å². The zero-order valence-corrected chi connectivity index (χ0v) is 20.4. The highest BCUT2D eigenvalue weighted by atomic mass is 32.2. The van der Waals surface area contributed by atoms with Gasteiger partial charge in [0.15, 0.2) is 0 Å². The minimum Gasteiger partial charge on any atom is -0.299 e. The van der Waals surface area contributed by atoms with Gasteiger partial charge in [-0.25, -0.2) is 0 Å². The molecule has 5 rings (SSSR count). The first kappa shape index (κ1) is 25.9.